The van der Waals surface area contributed by atoms with Gasteiger partial charge in [0.25, 0.3) is 0 Å². The SMILES string of the molecule is COCCC(NC(=O)NCCCS(N)(=O)=O)C(=O)O. The maximum absolute atomic E-state index is 11.3. The Morgan fingerprint density at radius 2 is 2.05 bits per heavy atom. The van der Waals surface area contributed by atoms with E-state index in [9.17, 15) is 18.0 Å². The number of aliphatic carboxylic acids is 1. The quantitative estimate of drug-likeness (QED) is 0.379. The van der Waals surface area contributed by atoms with E-state index in [0.717, 1.165) is 0 Å². The first kappa shape index (κ1) is 17.6. The van der Waals surface area contributed by atoms with Crippen molar-refractivity contribution in [3.05, 3.63) is 0 Å². The molecule has 1 atom stereocenters. The van der Waals surface area contributed by atoms with Crippen LogP contribution in [0.4, 0.5) is 4.79 Å². The normalized spacial score (nSPS) is 12.7. The van der Waals surface area contributed by atoms with Crippen molar-refractivity contribution in [1.82, 2.24) is 10.6 Å². The van der Waals surface area contributed by atoms with Gasteiger partial charge in [-0.05, 0) is 6.42 Å². The van der Waals surface area contributed by atoms with E-state index < -0.39 is 28.1 Å². The molecule has 0 rings (SSSR count). The molecule has 0 heterocycles. The number of sulfonamides is 1. The third kappa shape index (κ3) is 10.2. The van der Waals surface area contributed by atoms with Gasteiger partial charge in [-0.25, -0.2) is 23.1 Å². The first-order chi connectivity index (χ1) is 8.76. The van der Waals surface area contributed by atoms with Crippen molar-refractivity contribution >= 4 is 22.0 Å². The molecule has 0 aromatic carbocycles. The Hall–Kier alpha value is -1.39. The maximum Gasteiger partial charge on any atom is 0.326 e. The molecule has 10 heteroatoms. The van der Waals surface area contributed by atoms with Gasteiger partial charge in [0, 0.05) is 26.7 Å². The predicted molar refractivity (Wildman–Crippen MR) is 67.0 cm³/mol. The fraction of sp³-hybridized carbons (Fsp3) is 0.778. The van der Waals surface area contributed by atoms with Crippen molar-refractivity contribution in [2.75, 3.05) is 26.0 Å². The van der Waals surface area contributed by atoms with Crippen LogP contribution in [0, 0.1) is 0 Å². The van der Waals surface area contributed by atoms with Gasteiger partial charge in [0.2, 0.25) is 10.0 Å². The lowest BCUT2D eigenvalue weighted by Gasteiger charge is -2.14. The van der Waals surface area contributed by atoms with Crippen LogP contribution in [0.3, 0.4) is 0 Å². The Morgan fingerprint density at radius 3 is 2.53 bits per heavy atom. The van der Waals surface area contributed by atoms with E-state index >= 15 is 0 Å². The molecule has 0 aromatic rings. The van der Waals surface area contributed by atoms with Crippen molar-refractivity contribution in [2.24, 2.45) is 5.14 Å². The van der Waals surface area contributed by atoms with E-state index in [1.165, 1.54) is 7.11 Å². The largest absolute Gasteiger partial charge is 0.480 e. The van der Waals surface area contributed by atoms with Crippen LogP contribution in [0.15, 0.2) is 0 Å². The molecule has 1 unspecified atom stereocenters. The van der Waals surface area contributed by atoms with Gasteiger partial charge in [0.05, 0.1) is 5.75 Å². The van der Waals surface area contributed by atoms with Crippen LogP contribution in [0.1, 0.15) is 12.8 Å². The summed E-state index contributed by atoms with van der Waals surface area (Å²) in [5.74, 6) is -1.42. The predicted octanol–water partition coefficient (Wildman–Crippen LogP) is -1.55. The summed E-state index contributed by atoms with van der Waals surface area (Å²) in [6.45, 7) is 0.279. The second-order valence-corrected chi connectivity index (χ2v) is 5.53. The first-order valence-electron chi connectivity index (χ1n) is 5.53. The Balaban J connectivity index is 3.96. The summed E-state index contributed by atoms with van der Waals surface area (Å²) in [5.41, 5.74) is 0. The number of carboxylic acids is 1. The van der Waals surface area contributed by atoms with E-state index in [1.54, 1.807) is 0 Å². The number of rotatable bonds is 9. The Bertz CT molecular complexity index is 397. The molecule has 9 nitrogen and oxygen atoms in total. The fourth-order valence-electron chi connectivity index (χ4n) is 1.18. The van der Waals surface area contributed by atoms with Gasteiger partial charge in [-0.15, -0.1) is 0 Å². The van der Waals surface area contributed by atoms with E-state index in [1.807, 2.05) is 0 Å². The van der Waals surface area contributed by atoms with Gasteiger partial charge >= 0.3 is 12.0 Å². The second-order valence-electron chi connectivity index (χ2n) is 3.79. The summed E-state index contributed by atoms with van der Waals surface area (Å²) in [4.78, 5) is 22.1. The van der Waals surface area contributed by atoms with Crippen LogP contribution in [-0.2, 0) is 19.6 Å². The zero-order chi connectivity index (χ0) is 14.9. The molecule has 0 fully saturated rings. The number of carbonyl (C=O) groups is 2. The summed E-state index contributed by atoms with van der Waals surface area (Å²) < 4.78 is 26.0. The Labute approximate surface area is 111 Å². The number of primary sulfonamides is 1. The van der Waals surface area contributed by atoms with E-state index in [-0.39, 0.29) is 31.7 Å². The average molecular weight is 297 g/mol. The molecular weight excluding hydrogens is 278 g/mol. The van der Waals surface area contributed by atoms with Crippen LogP contribution in [0.2, 0.25) is 0 Å². The third-order valence-corrected chi connectivity index (χ3v) is 2.96. The molecule has 19 heavy (non-hydrogen) atoms. The number of urea groups is 1. The molecule has 0 aliphatic heterocycles. The number of nitrogens with two attached hydrogens (primary N) is 1. The molecular formula is C9H19N3O6S. The van der Waals surface area contributed by atoms with Gasteiger partial charge in [-0.1, -0.05) is 0 Å². The zero-order valence-electron chi connectivity index (χ0n) is 10.6. The highest BCUT2D eigenvalue weighted by Crippen LogP contribution is 1.93. The van der Waals surface area contributed by atoms with E-state index in [2.05, 4.69) is 10.6 Å². The monoisotopic (exact) mass is 297 g/mol. The van der Waals surface area contributed by atoms with Crippen LogP contribution in [-0.4, -0.2) is 57.6 Å². The molecule has 0 radical (unpaired) electrons. The van der Waals surface area contributed by atoms with Crippen LogP contribution in [0.25, 0.3) is 0 Å². The third-order valence-electron chi connectivity index (χ3n) is 2.11. The average Bonchev–Trinajstić information content (AvgIpc) is 2.28. The number of carbonyl (C=O) groups excluding carboxylic acids is 1. The molecule has 0 spiro atoms. The molecule has 0 aliphatic rings. The molecule has 0 saturated carbocycles. The Kier molecular flexibility index (Phi) is 8.03. The highest BCUT2D eigenvalue weighted by molar-refractivity contribution is 7.89. The Morgan fingerprint density at radius 1 is 1.42 bits per heavy atom. The molecule has 5 N–H and O–H groups in total. The number of carboxylic acid groups (broad SMARTS) is 1. The summed E-state index contributed by atoms with van der Waals surface area (Å²) >= 11 is 0. The topological polar surface area (TPSA) is 148 Å². The minimum absolute atomic E-state index is 0.0822. The number of methoxy groups -OCH3 is 1. The highest BCUT2D eigenvalue weighted by Gasteiger charge is 2.19. The fourth-order valence-corrected chi connectivity index (χ4v) is 1.72. The minimum Gasteiger partial charge on any atom is -0.480 e. The van der Waals surface area contributed by atoms with Gasteiger partial charge in [-0.2, -0.15) is 0 Å². The van der Waals surface area contributed by atoms with Crippen molar-refractivity contribution < 1.29 is 27.9 Å². The van der Waals surface area contributed by atoms with Crippen molar-refractivity contribution in [2.45, 2.75) is 18.9 Å². The number of hydrogen-bond acceptors (Lipinski definition) is 5. The van der Waals surface area contributed by atoms with E-state index in [4.69, 9.17) is 15.0 Å². The summed E-state index contributed by atoms with van der Waals surface area (Å²) in [7, 11) is -2.13. The molecule has 0 aliphatic carbocycles. The first-order valence-corrected chi connectivity index (χ1v) is 7.24. The lowest BCUT2D eigenvalue weighted by atomic mass is 10.2. The van der Waals surface area contributed by atoms with Gasteiger partial charge in [0.15, 0.2) is 0 Å². The lowest BCUT2D eigenvalue weighted by molar-refractivity contribution is -0.139. The standard InChI is InChI=1S/C9H19N3O6S/c1-18-5-3-7(8(13)14)12-9(15)11-4-2-6-19(10,16)17/h7H,2-6H2,1H3,(H,13,14)(H2,10,16,17)(H2,11,12,15). The van der Waals surface area contributed by atoms with Crippen molar-refractivity contribution in [3.63, 3.8) is 0 Å². The van der Waals surface area contributed by atoms with Crippen LogP contribution >= 0.6 is 0 Å². The van der Waals surface area contributed by atoms with Gasteiger partial charge < -0.3 is 20.5 Å². The minimum atomic E-state index is -3.55. The molecule has 2 amide bonds. The molecule has 0 saturated heterocycles. The smallest absolute Gasteiger partial charge is 0.326 e. The molecule has 0 bridgehead atoms. The van der Waals surface area contributed by atoms with Crippen molar-refractivity contribution in [1.29, 1.82) is 0 Å². The van der Waals surface area contributed by atoms with Gasteiger partial charge in [0.1, 0.15) is 6.04 Å². The van der Waals surface area contributed by atoms with Crippen LogP contribution < -0.4 is 15.8 Å². The lowest BCUT2D eigenvalue weighted by Crippen LogP contribution is -2.46. The zero-order valence-corrected chi connectivity index (χ0v) is 11.4. The molecule has 0 aromatic heterocycles. The summed E-state index contributed by atoms with van der Waals surface area (Å²) in [6.07, 6.45) is 0.290. The van der Waals surface area contributed by atoms with Gasteiger partial charge in [-0.3, -0.25) is 0 Å². The number of hydrogen-bond donors (Lipinski definition) is 4. The number of amides is 2. The van der Waals surface area contributed by atoms with Crippen molar-refractivity contribution in [3.8, 4) is 0 Å². The maximum atomic E-state index is 11.3. The molecule has 112 valence electrons. The summed E-state index contributed by atoms with van der Waals surface area (Å²) in [5, 5.41) is 18.2. The number of nitrogens with one attached hydrogen (secondary N) is 2. The van der Waals surface area contributed by atoms with E-state index in [0.29, 0.717) is 0 Å². The van der Waals surface area contributed by atoms with Crippen LogP contribution in [0.5, 0.6) is 0 Å². The summed E-state index contributed by atoms with van der Waals surface area (Å²) in [6, 6.07) is -1.74. The highest BCUT2D eigenvalue weighted by atomic mass is 32.2. The second kappa shape index (κ2) is 8.67. The number of ether oxygens (including phenoxy) is 1.